The summed E-state index contributed by atoms with van der Waals surface area (Å²) in [6.45, 7) is 6.85. The molecule has 19 heavy (non-hydrogen) atoms. The maximum absolute atomic E-state index is 3.74. The zero-order chi connectivity index (χ0) is 13.3. The van der Waals surface area contributed by atoms with Gasteiger partial charge in [-0.15, -0.1) is 0 Å². The van der Waals surface area contributed by atoms with Crippen molar-refractivity contribution in [2.75, 3.05) is 13.1 Å². The van der Waals surface area contributed by atoms with Gasteiger partial charge in [0.2, 0.25) is 0 Å². The number of fused-ring (bicyclic) bond motifs is 2. The van der Waals surface area contributed by atoms with Gasteiger partial charge >= 0.3 is 0 Å². The topological polar surface area (TPSA) is 24.1 Å². The summed E-state index contributed by atoms with van der Waals surface area (Å²) in [7, 11) is 0. The van der Waals surface area contributed by atoms with E-state index in [0.717, 1.165) is 0 Å². The van der Waals surface area contributed by atoms with Crippen molar-refractivity contribution < 1.29 is 0 Å². The molecule has 1 heterocycles. The van der Waals surface area contributed by atoms with Crippen LogP contribution in [0.5, 0.6) is 0 Å². The molecule has 0 bridgehead atoms. The standard InChI is InChI=1S/C17H26N2/c1-13(2)19-16-7-8-17(9-11-18-12-10-17)15-6-4-3-5-14(15)16/h3-6,13,16,18-19H,7-12H2,1-2H3/t16-/m1/s1. The van der Waals surface area contributed by atoms with Crippen molar-refractivity contribution in [3.63, 3.8) is 0 Å². The number of nitrogens with one attached hydrogen (secondary N) is 2. The second-order valence-electron chi connectivity index (χ2n) is 6.53. The minimum atomic E-state index is 0.455. The molecule has 0 aromatic heterocycles. The molecule has 1 spiro atoms. The molecule has 1 aliphatic heterocycles. The molecule has 0 radical (unpaired) electrons. The Hall–Kier alpha value is -0.860. The highest BCUT2D eigenvalue weighted by Crippen LogP contribution is 2.46. The molecule has 1 aromatic carbocycles. The van der Waals surface area contributed by atoms with Crippen molar-refractivity contribution >= 4 is 0 Å². The molecule has 1 fully saturated rings. The average Bonchev–Trinajstić information content (AvgIpc) is 2.43. The second kappa shape index (κ2) is 5.26. The third kappa shape index (κ3) is 2.44. The van der Waals surface area contributed by atoms with Crippen LogP contribution in [0.3, 0.4) is 0 Å². The van der Waals surface area contributed by atoms with Gasteiger partial charge in [-0.25, -0.2) is 0 Å². The van der Waals surface area contributed by atoms with E-state index < -0.39 is 0 Å². The van der Waals surface area contributed by atoms with E-state index in [9.17, 15) is 0 Å². The van der Waals surface area contributed by atoms with E-state index in [2.05, 4.69) is 48.7 Å². The quantitative estimate of drug-likeness (QED) is 0.851. The molecule has 3 rings (SSSR count). The molecule has 2 N–H and O–H groups in total. The summed E-state index contributed by atoms with van der Waals surface area (Å²) in [5.74, 6) is 0. The first-order chi connectivity index (χ1) is 9.21. The summed E-state index contributed by atoms with van der Waals surface area (Å²) in [6, 6.07) is 10.3. The lowest BCUT2D eigenvalue weighted by Gasteiger charge is -2.45. The van der Waals surface area contributed by atoms with Gasteiger partial charge in [-0.2, -0.15) is 0 Å². The highest BCUT2D eigenvalue weighted by Gasteiger charge is 2.40. The lowest BCUT2D eigenvalue weighted by molar-refractivity contribution is 0.242. The fourth-order valence-corrected chi connectivity index (χ4v) is 3.99. The fraction of sp³-hybridized carbons (Fsp3) is 0.647. The zero-order valence-electron chi connectivity index (χ0n) is 12.2. The fourth-order valence-electron chi connectivity index (χ4n) is 3.99. The van der Waals surface area contributed by atoms with Crippen molar-refractivity contribution in [1.29, 1.82) is 0 Å². The van der Waals surface area contributed by atoms with Crippen LogP contribution in [0.2, 0.25) is 0 Å². The number of benzene rings is 1. The van der Waals surface area contributed by atoms with Gasteiger partial charge in [-0.1, -0.05) is 38.1 Å². The van der Waals surface area contributed by atoms with Crippen LogP contribution in [0.15, 0.2) is 24.3 Å². The molecule has 0 amide bonds. The third-order valence-corrected chi connectivity index (χ3v) is 4.91. The van der Waals surface area contributed by atoms with Gasteiger partial charge in [0.25, 0.3) is 0 Å². The Balaban J connectivity index is 1.95. The molecule has 2 heteroatoms. The molecule has 1 saturated heterocycles. The first kappa shape index (κ1) is 13.1. The van der Waals surface area contributed by atoms with Gasteiger partial charge in [-0.3, -0.25) is 0 Å². The Morgan fingerprint density at radius 1 is 1.16 bits per heavy atom. The maximum Gasteiger partial charge on any atom is 0.0325 e. The van der Waals surface area contributed by atoms with Crippen LogP contribution in [0.4, 0.5) is 0 Å². The molecule has 104 valence electrons. The summed E-state index contributed by atoms with van der Waals surface area (Å²) in [4.78, 5) is 0. The van der Waals surface area contributed by atoms with E-state index >= 15 is 0 Å². The van der Waals surface area contributed by atoms with Crippen LogP contribution in [-0.2, 0) is 5.41 Å². The lowest BCUT2D eigenvalue weighted by Crippen LogP contribution is -2.44. The molecule has 0 unspecified atom stereocenters. The Morgan fingerprint density at radius 3 is 2.63 bits per heavy atom. The highest BCUT2D eigenvalue weighted by atomic mass is 14.9. The number of hydrogen-bond donors (Lipinski definition) is 2. The average molecular weight is 258 g/mol. The number of piperidine rings is 1. The van der Waals surface area contributed by atoms with Gasteiger partial charge in [0.05, 0.1) is 0 Å². The Kier molecular flexibility index (Phi) is 3.64. The third-order valence-electron chi connectivity index (χ3n) is 4.91. The summed E-state index contributed by atoms with van der Waals surface area (Å²) in [6.07, 6.45) is 5.24. The van der Waals surface area contributed by atoms with Crippen LogP contribution in [-0.4, -0.2) is 19.1 Å². The molecule has 0 saturated carbocycles. The van der Waals surface area contributed by atoms with Crippen molar-refractivity contribution in [2.24, 2.45) is 0 Å². The lowest BCUT2D eigenvalue weighted by atomic mass is 9.64. The van der Waals surface area contributed by atoms with Crippen molar-refractivity contribution in [1.82, 2.24) is 10.6 Å². The van der Waals surface area contributed by atoms with E-state index in [1.165, 1.54) is 38.8 Å². The summed E-state index contributed by atoms with van der Waals surface area (Å²) in [5, 5.41) is 7.26. The van der Waals surface area contributed by atoms with Crippen LogP contribution < -0.4 is 10.6 Å². The molecule has 2 nitrogen and oxygen atoms in total. The SMILES string of the molecule is CC(C)N[C@@H]1CCC2(CCNCC2)c2ccccc21. The van der Waals surface area contributed by atoms with E-state index in [1.54, 1.807) is 11.1 Å². The highest BCUT2D eigenvalue weighted by molar-refractivity contribution is 5.39. The summed E-state index contributed by atoms with van der Waals surface area (Å²) in [5.41, 5.74) is 3.64. The monoisotopic (exact) mass is 258 g/mol. The summed E-state index contributed by atoms with van der Waals surface area (Å²) < 4.78 is 0. The molecule has 1 aromatic rings. The van der Waals surface area contributed by atoms with Crippen LogP contribution in [0.1, 0.15) is 56.7 Å². The van der Waals surface area contributed by atoms with Gasteiger partial charge in [0.15, 0.2) is 0 Å². The minimum absolute atomic E-state index is 0.455. The van der Waals surface area contributed by atoms with Crippen LogP contribution in [0.25, 0.3) is 0 Å². The van der Waals surface area contributed by atoms with E-state index in [-0.39, 0.29) is 0 Å². The molecule has 1 aliphatic carbocycles. The van der Waals surface area contributed by atoms with E-state index in [4.69, 9.17) is 0 Å². The van der Waals surface area contributed by atoms with Crippen molar-refractivity contribution in [3.05, 3.63) is 35.4 Å². The predicted octanol–water partition coefficient (Wildman–Crippen LogP) is 3.14. The van der Waals surface area contributed by atoms with E-state index in [0.29, 0.717) is 17.5 Å². The molecule has 1 atom stereocenters. The Morgan fingerprint density at radius 2 is 1.89 bits per heavy atom. The van der Waals surface area contributed by atoms with Gasteiger partial charge < -0.3 is 10.6 Å². The van der Waals surface area contributed by atoms with Gasteiger partial charge in [0.1, 0.15) is 0 Å². The smallest absolute Gasteiger partial charge is 0.0325 e. The van der Waals surface area contributed by atoms with E-state index in [1.807, 2.05) is 0 Å². The first-order valence-electron chi connectivity index (χ1n) is 7.77. The molecular formula is C17H26N2. The molecular weight excluding hydrogens is 232 g/mol. The normalized spacial score (nSPS) is 25.5. The van der Waals surface area contributed by atoms with Gasteiger partial charge in [0, 0.05) is 12.1 Å². The van der Waals surface area contributed by atoms with Crippen molar-refractivity contribution in [2.45, 2.75) is 57.0 Å². The predicted molar refractivity (Wildman–Crippen MR) is 80.5 cm³/mol. The minimum Gasteiger partial charge on any atom is -0.317 e. The largest absolute Gasteiger partial charge is 0.317 e. The zero-order valence-corrected chi connectivity index (χ0v) is 12.2. The van der Waals surface area contributed by atoms with Crippen molar-refractivity contribution in [3.8, 4) is 0 Å². The number of rotatable bonds is 2. The van der Waals surface area contributed by atoms with Crippen LogP contribution >= 0.6 is 0 Å². The van der Waals surface area contributed by atoms with Gasteiger partial charge in [-0.05, 0) is 55.3 Å². The number of hydrogen-bond acceptors (Lipinski definition) is 2. The Bertz CT molecular complexity index is 433. The molecule has 2 aliphatic rings. The Labute approximate surface area is 117 Å². The first-order valence-corrected chi connectivity index (χ1v) is 7.77. The summed E-state index contributed by atoms with van der Waals surface area (Å²) >= 11 is 0. The second-order valence-corrected chi connectivity index (χ2v) is 6.53. The van der Waals surface area contributed by atoms with Crippen LogP contribution in [0, 0.1) is 0 Å². The maximum atomic E-state index is 3.74.